The van der Waals surface area contributed by atoms with Crippen molar-refractivity contribution in [3.8, 4) is 39.9 Å². The molecule has 5 heteroatoms. The largest absolute Gasteiger partial charge is 0.490 e. The molecule has 1 N–H and O–H groups in total. The first-order chi connectivity index (χ1) is 16.6. The highest BCUT2D eigenvalue weighted by atomic mass is 16.5. The highest BCUT2D eigenvalue weighted by Crippen LogP contribution is 2.32. The Kier molecular flexibility index (Phi) is 7.99. The molecule has 2 atom stereocenters. The van der Waals surface area contributed by atoms with E-state index >= 15 is 0 Å². The molecule has 5 nitrogen and oxygen atoms in total. The van der Waals surface area contributed by atoms with Crippen LogP contribution in [0.4, 0.5) is 0 Å². The van der Waals surface area contributed by atoms with Gasteiger partial charge in [-0.1, -0.05) is 92.6 Å². The van der Waals surface area contributed by atoms with Gasteiger partial charge in [-0.3, -0.25) is 0 Å². The number of hydrogen-bond donors (Lipinski definition) is 1. The van der Waals surface area contributed by atoms with Crippen LogP contribution >= 0.6 is 0 Å². The van der Waals surface area contributed by atoms with Gasteiger partial charge in [0.15, 0.2) is 17.5 Å². The Morgan fingerprint density at radius 2 is 1.26 bits per heavy atom. The maximum absolute atomic E-state index is 10.00. The second-order valence-corrected chi connectivity index (χ2v) is 8.50. The molecular weight excluding hydrogens is 422 g/mol. The van der Waals surface area contributed by atoms with Crippen molar-refractivity contribution in [3.05, 3.63) is 84.9 Å². The summed E-state index contributed by atoms with van der Waals surface area (Å²) in [6, 6.07) is 27.7. The van der Waals surface area contributed by atoms with E-state index in [0.29, 0.717) is 29.6 Å². The topological polar surface area (TPSA) is 68.1 Å². The van der Waals surface area contributed by atoms with Crippen molar-refractivity contribution in [1.82, 2.24) is 15.0 Å². The Morgan fingerprint density at radius 1 is 0.735 bits per heavy atom. The summed E-state index contributed by atoms with van der Waals surface area (Å²) in [6.07, 6.45) is 3.08. The Balaban J connectivity index is 1.78. The van der Waals surface area contributed by atoms with E-state index in [1.54, 1.807) is 6.92 Å². The maximum Gasteiger partial charge on any atom is 0.167 e. The van der Waals surface area contributed by atoms with E-state index in [2.05, 4.69) is 6.92 Å². The minimum absolute atomic E-state index is 0.0786. The van der Waals surface area contributed by atoms with Crippen LogP contribution in [0, 0.1) is 0 Å². The monoisotopic (exact) mass is 453 g/mol. The van der Waals surface area contributed by atoms with Crippen LogP contribution in [0.15, 0.2) is 84.9 Å². The van der Waals surface area contributed by atoms with Gasteiger partial charge in [0.25, 0.3) is 0 Å². The molecule has 1 aromatic heterocycles. The zero-order valence-corrected chi connectivity index (χ0v) is 19.8. The molecule has 4 aromatic rings. The van der Waals surface area contributed by atoms with E-state index in [1.165, 1.54) is 0 Å². The fraction of sp³-hybridized carbons (Fsp3) is 0.276. The van der Waals surface area contributed by atoms with Crippen molar-refractivity contribution in [2.75, 3.05) is 0 Å². The van der Waals surface area contributed by atoms with E-state index < -0.39 is 6.10 Å². The number of benzene rings is 3. The third-order valence-electron chi connectivity index (χ3n) is 5.60. The van der Waals surface area contributed by atoms with Crippen LogP contribution in [0.5, 0.6) is 5.75 Å². The number of nitrogens with zero attached hydrogens (tertiary/aromatic N) is 3. The van der Waals surface area contributed by atoms with Gasteiger partial charge in [0, 0.05) is 17.5 Å². The van der Waals surface area contributed by atoms with Crippen molar-refractivity contribution in [1.29, 1.82) is 0 Å². The van der Waals surface area contributed by atoms with E-state index in [1.807, 2.05) is 84.9 Å². The van der Waals surface area contributed by atoms with E-state index in [4.69, 9.17) is 19.7 Å². The summed E-state index contributed by atoms with van der Waals surface area (Å²) in [7, 11) is 0. The van der Waals surface area contributed by atoms with Gasteiger partial charge in [0.05, 0.1) is 11.7 Å². The summed E-state index contributed by atoms with van der Waals surface area (Å²) < 4.78 is 6.44. The number of unbranched alkanes of at least 4 members (excludes halogenated alkanes) is 1. The summed E-state index contributed by atoms with van der Waals surface area (Å²) in [6.45, 7) is 3.97. The van der Waals surface area contributed by atoms with Crippen LogP contribution < -0.4 is 4.74 Å². The zero-order valence-electron chi connectivity index (χ0n) is 19.8. The van der Waals surface area contributed by atoms with Crippen LogP contribution in [0.3, 0.4) is 0 Å². The van der Waals surface area contributed by atoms with Gasteiger partial charge in [0.1, 0.15) is 11.9 Å². The minimum Gasteiger partial charge on any atom is -0.490 e. The van der Waals surface area contributed by atoms with E-state index in [-0.39, 0.29) is 6.10 Å². The number of aliphatic hydroxyl groups excluding tert-OH is 1. The lowest BCUT2D eigenvalue weighted by molar-refractivity contribution is 0.0994. The fourth-order valence-corrected chi connectivity index (χ4v) is 3.90. The standard InChI is InChI=1S/C29H31N3O2/c1-3-4-17-24(20-21(2)33)34-26-19-12-11-18-25(26)29-31-27(22-13-7-5-8-14-22)30-28(32-29)23-15-9-6-10-16-23/h5-16,18-19,21,24,33H,3-4,17,20H2,1-2H3. The molecule has 0 saturated heterocycles. The number of hydrogen-bond acceptors (Lipinski definition) is 5. The number of aromatic nitrogens is 3. The summed E-state index contributed by atoms with van der Waals surface area (Å²) in [5, 5.41) is 10.00. The predicted octanol–water partition coefficient (Wildman–Crippen LogP) is 6.58. The zero-order chi connectivity index (χ0) is 23.8. The number of para-hydroxylation sites is 1. The third-order valence-corrected chi connectivity index (χ3v) is 5.60. The average Bonchev–Trinajstić information content (AvgIpc) is 2.88. The maximum atomic E-state index is 10.00. The highest BCUT2D eigenvalue weighted by molar-refractivity contribution is 5.69. The molecule has 0 saturated carbocycles. The Hall–Kier alpha value is -3.57. The van der Waals surface area contributed by atoms with Crippen molar-refractivity contribution in [2.45, 2.75) is 51.7 Å². The van der Waals surface area contributed by atoms with Crippen LogP contribution in [0.2, 0.25) is 0 Å². The minimum atomic E-state index is -0.430. The quantitative estimate of drug-likeness (QED) is 0.294. The van der Waals surface area contributed by atoms with Crippen molar-refractivity contribution < 1.29 is 9.84 Å². The van der Waals surface area contributed by atoms with Crippen molar-refractivity contribution in [3.63, 3.8) is 0 Å². The number of aliphatic hydroxyl groups is 1. The van der Waals surface area contributed by atoms with Gasteiger partial charge in [-0.25, -0.2) is 15.0 Å². The van der Waals surface area contributed by atoms with Crippen LogP contribution in [-0.4, -0.2) is 32.3 Å². The van der Waals surface area contributed by atoms with Crippen LogP contribution in [0.1, 0.15) is 39.5 Å². The van der Waals surface area contributed by atoms with E-state index in [0.717, 1.165) is 36.0 Å². The fourth-order valence-electron chi connectivity index (χ4n) is 3.90. The molecule has 174 valence electrons. The van der Waals surface area contributed by atoms with Crippen molar-refractivity contribution in [2.24, 2.45) is 0 Å². The first kappa shape index (κ1) is 23.6. The lowest BCUT2D eigenvalue weighted by Gasteiger charge is -2.22. The third kappa shape index (κ3) is 6.06. The molecule has 0 aliphatic rings. The second-order valence-electron chi connectivity index (χ2n) is 8.50. The molecule has 0 radical (unpaired) electrons. The number of rotatable bonds is 10. The summed E-state index contributed by atoms with van der Waals surface area (Å²) in [4.78, 5) is 14.5. The smallest absolute Gasteiger partial charge is 0.167 e. The SMILES string of the molecule is CCCCC(CC(C)O)Oc1ccccc1-c1nc(-c2ccccc2)nc(-c2ccccc2)n1. The molecule has 1 heterocycles. The van der Waals surface area contributed by atoms with Crippen LogP contribution in [-0.2, 0) is 0 Å². The lowest BCUT2D eigenvalue weighted by Crippen LogP contribution is -2.22. The summed E-state index contributed by atoms with van der Waals surface area (Å²) >= 11 is 0. The van der Waals surface area contributed by atoms with E-state index in [9.17, 15) is 5.11 Å². The van der Waals surface area contributed by atoms with Gasteiger partial charge >= 0.3 is 0 Å². The molecule has 4 rings (SSSR count). The first-order valence-corrected chi connectivity index (χ1v) is 11.9. The summed E-state index contributed by atoms with van der Waals surface area (Å²) in [5.41, 5.74) is 2.67. The van der Waals surface area contributed by atoms with Gasteiger partial charge in [-0.05, 0) is 25.5 Å². The molecule has 3 aromatic carbocycles. The Labute approximate surface area is 201 Å². The molecule has 0 bridgehead atoms. The second kappa shape index (κ2) is 11.5. The molecule has 0 aliphatic heterocycles. The van der Waals surface area contributed by atoms with Crippen LogP contribution in [0.25, 0.3) is 34.2 Å². The van der Waals surface area contributed by atoms with Crippen molar-refractivity contribution >= 4 is 0 Å². The molecule has 2 unspecified atom stereocenters. The molecule has 0 spiro atoms. The Morgan fingerprint density at radius 3 is 1.82 bits per heavy atom. The normalized spacial score (nSPS) is 12.8. The number of ether oxygens (including phenoxy) is 1. The predicted molar refractivity (Wildman–Crippen MR) is 136 cm³/mol. The van der Waals surface area contributed by atoms with Gasteiger partial charge < -0.3 is 9.84 Å². The van der Waals surface area contributed by atoms with Gasteiger partial charge in [-0.15, -0.1) is 0 Å². The van der Waals surface area contributed by atoms with Gasteiger partial charge in [-0.2, -0.15) is 0 Å². The molecule has 0 amide bonds. The first-order valence-electron chi connectivity index (χ1n) is 11.9. The molecular formula is C29H31N3O2. The summed E-state index contributed by atoms with van der Waals surface area (Å²) in [5.74, 6) is 2.51. The Bertz CT molecular complexity index is 1120. The van der Waals surface area contributed by atoms with Gasteiger partial charge in [0.2, 0.25) is 0 Å². The molecule has 34 heavy (non-hydrogen) atoms. The molecule has 0 aliphatic carbocycles. The average molecular weight is 454 g/mol. The highest BCUT2D eigenvalue weighted by Gasteiger charge is 2.19. The molecule has 0 fully saturated rings. The lowest BCUT2D eigenvalue weighted by atomic mass is 10.1.